The van der Waals surface area contributed by atoms with Gasteiger partial charge in [-0.3, -0.25) is 9.59 Å². The molecule has 0 aliphatic rings. The van der Waals surface area contributed by atoms with Crippen LogP contribution in [-0.2, 0) is 38.7 Å². The zero-order chi connectivity index (χ0) is 16.9. The van der Waals surface area contributed by atoms with Gasteiger partial charge in [0.05, 0.1) is 20.8 Å². The summed E-state index contributed by atoms with van der Waals surface area (Å²) in [6, 6.07) is 0. The molecule has 0 radical (unpaired) electrons. The summed E-state index contributed by atoms with van der Waals surface area (Å²) in [5.41, 5.74) is -3.10. The van der Waals surface area contributed by atoms with Gasteiger partial charge in [0.25, 0.3) is 0 Å². The van der Waals surface area contributed by atoms with Crippen LogP contribution in [0, 0.1) is 0 Å². The predicted molar refractivity (Wildman–Crippen MR) is 73.5 cm³/mol. The molecule has 0 unspecified atom stereocenters. The number of carbonyl (C=O) groups is 2. The molecular formula is C12H15N3O7. The number of allylic oxidation sites excluding steroid dienone is 1. The molecule has 120 valence electrons. The largest absolute Gasteiger partial charge is 0.468 e. The molecule has 0 aliphatic heterocycles. The standard InChI is InChI=1S/C12H15N3O7/c1-4-5-13-10(18)14(6-8(16)21-2)12(20)15(11(13)19)7-9(17)22-3/h4H,1,5-7H2,2-3H3. The average molecular weight is 313 g/mol. The van der Waals surface area contributed by atoms with Gasteiger partial charge in [-0.05, 0) is 0 Å². The Balaban J connectivity index is 3.63. The van der Waals surface area contributed by atoms with Crippen molar-refractivity contribution >= 4 is 11.9 Å². The van der Waals surface area contributed by atoms with Crippen LogP contribution in [0.25, 0.3) is 0 Å². The maximum absolute atomic E-state index is 12.1. The van der Waals surface area contributed by atoms with E-state index in [0.29, 0.717) is 13.7 Å². The first-order valence-electron chi connectivity index (χ1n) is 6.06. The fourth-order valence-electron chi connectivity index (χ4n) is 1.63. The fourth-order valence-corrected chi connectivity index (χ4v) is 1.63. The predicted octanol–water partition coefficient (Wildman–Crippen LogP) is -2.30. The lowest BCUT2D eigenvalue weighted by atomic mass is 10.5. The van der Waals surface area contributed by atoms with Gasteiger partial charge in [-0.25, -0.2) is 28.1 Å². The third kappa shape index (κ3) is 3.40. The Morgan fingerprint density at radius 2 is 1.27 bits per heavy atom. The maximum atomic E-state index is 12.1. The number of carbonyl (C=O) groups excluding carboxylic acids is 2. The third-order valence-electron chi connectivity index (χ3n) is 2.73. The number of rotatable bonds is 6. The normalized spacial score (nSPS) is 10.1. The quantitative estimate of drug-likeness (QED) is 0.428. The van der Waals surface area contributed by atoms with Crippen LogP contribution in [0.4, 0.5) is 0 Å². The van der Waals surface area contributed by atoms with Crippen molar-refractivity contribution < 1.29 is 19.1 Å². The van der Waals surface area contributed by atoms with Gasteiger partial charge in [-0.1, -0.05) is 6.08 Å². The second kappa shape index (κ2) is 7.20. The first kappa shape index (κ1) is 17.1. The SMILES string of the molecule is C=CCn1c(=O)n(CC(=O)OC)c(=O)n(CC(=O)OC)c1=O. The van der Waals surface area contributed by atoms with E-state index in [1.807, 2.05) is 0 Å². The average Bonchev–Trinajstić information content (AvgIpc) is 2.51. The molecule has 0 fully saturated rings. The molecule has 0 aromatic carbocycles. The van der Waals surface area contributed by atoms with Crippen molar-refractivity contribution in [3.63, 3.8) is 0 Å². The summed E-state index contributed by atoms with van der Waals surface area (Å²) in [7, 11) is 2.17. The molecular weight excluding hydrogens is 298 g/mol. The summed E-state index contributed by atoms with van der Waals surface area (Å²) in [5, 5.41) is 0. The summed E-state index contributed by atoms with van der Waals surface area (Å²) in [6.45, 7) is 1.83. The first-order chi connectivity index (χ1) is 10.4. The van der Waals surface area contributed by atoms with Gasteiger partial charge in [-0.2, -0.15) is 0 Å². The molecule has 0 spiro atoms. The van der Waals surface area contributed by atoms with Gasteiger partial charge >= 0.3 is 29.0 Å². The molecule has 10 heteroatoms. The van der Waals surface area contributed by atoms with Gasteiger partial charge in [0.2, 0.25) is 0 Å². The van der Waals surface area contributed by atoms with Crippen LogP contribution in [0.3, 0.4) is 0 Å². The van der Waals surface area contributed by atoms with Gasteiger partial charge < -0.3 is 9.47 Å². The van der Waals surface area contributed by atoms with Crippen molar-refractivity contribution in [2.45, 2.75) is 19.6 Å². The minimum Gasteiger partial charge on any atom is -0.468 e. The Morgan fingerprint density at radius 1 is 0.909 bits per heavy atom. The molecule has 0 bridgehead atoms. The summed E-state index contributed by atoms with van der Waals surface area (Å²) < 4.78 is 10.4. The Bertz CT molecular complexity index is 712. The molecule has 1 aromatic rings. The zero-order valence-electron chi connectivity index (χ0n) is 12.1. The summed E-state index contributed by atoms with van der Waals surface area (Å²) >= 11 is 0. The topological polar surface area (TPSA) is 119 Å². The highest BCUT2D eigenvalue weighted by Crippen LogP contribution is 1.83. The first-order valence-corrected chi connectivity index (χ1v) is 6.06. The van der Waals surface area contributed by atoms with E-state index in [2.05, 4.69) is 16.1 Å². The minimum atomic E-state index is -1.11. The molecule has 1 aromatic heterocycles. The highest BCUT2D eigenvalue weighted by molar-refractivity contribution is 5.69. The second-order valence-electron chi connectivity index (χ2n) is 4.07. The molecule has 1 rings (SSSR count). The molecule has 22 heavy (non-hydrogen) atoms. The number of aromatic nitrogens is 3. The lowest BCUT2D eigenvalue weighted by molar-refractivity contribution is -0.141. The summed E-state index contributed by atoms with van der Waals surface area (Å²) in [4.78, 5) is 58.9. The Morgan fingerprint density at radius 3 is 1.59 bits per heavy atom. The molecule has 0 atom stereocenters. The van der Waals surface area contributed by atoms with Crippen LogP contribution in [-0.4, -0.2) is 39.9 Å². The number of ether oxygens (including phenoxy) is 2. The van der Waals surface area contributed by atoms with Crippen molar-refractivity contribution in [1.29, 1.82) is 0 Å². The van der Waals surface area contributed by atoms with E-state index in [9.17, 15) is 24.0 Å². The van der Waals surface area contributed by atoms with Crippen molar-refractivity contribution in [1.82, 2.24) is 13.7 Å². The van der Waals surface area contributed by atoms with Gasteiger partial charge in [0.1, 0.15) is 13.1 Å². The van der Waals surface area contributed by atoms with Crippen molar-refractivity contribution in [3.05, 3.63) is 44.1 Å². The zero-order valence-corrected chi connectivity index (χ0v) is 12.1. The van der Waals surface area contributed by atoms with Crippen LogP contribution >= 0.6 is 0 Å². The third-order valence-corrected chi connectivity index (χ3v) is 2.73. The van der Waals surface area contributed by atoms with E-state index in [-0.39, 0.29) is 6.54 Å². The lowest BCUT2D eigenvalue weighted by Crippen LogP contribution is -2.55. The van der Waals surface area contributed by atoms with Crippen molar-refractivity contribution in [2.75, 3.05) is 14.2 Å². The van der Waals surface area contributed by atoms with Crippen molar-refractivity contribution in [3.8, 4) is 0 Å². The molecule has 1 heterocycles. The highest BCUT2D eigenvalue weighted by Gasteiger charge is 2.19. The summed E-state index contributed by atoms with van der Waals surface area (Å²) in [5.74, 6) is -1.71. The van der Waals surface area contributed by atoms with Crippen LogP contribution in [0.2, 0.25) is 0 Å². The molecule has 0 saturated carbocycles. The summed E-state index contributed by atoms with van der Waals surface area (Å²) in [6.07, 6.45) is 1.26. The van der Waals surface area contributed by atoms with Crippen molar-refractivity contribution in [2.24, 2.45) is 0 Å². The molecule has 0 N–H and O–H groups in total. The minimum absolute atomic E-state index is 0.194. The lowest BCUT2D eigenvalue weighted by Gasteiger charge is -2.11. The Kier molecular flexibility index (Phi) is 5.61. The van der Waals surface area contributed by atoms with E-state index in [0.717, 1.165) is 14.2 Å². The number of hydrogen-bond donors (Lipinski definition) is 0. The van der Waals surface area contributed by atoms with Crippen LogP contribution in [0.1, 0.15) is 0 Å². The Labute approximate surface area is 123 Å². The van der Waals surface area contributed by atoms with Crippen LogP contribution in [0.5, 0.6) is 0 Å². The Hall–Kier alpha value is -2.91. The van der Waals surface area contributed by atoms with Crippen LogP contribution < -0.4 is 17.1 Å². The van der Waals surface area contributed by atoms with E-state index in [1.54, 1.807) is 0 Å². The number of esters is 2. The van der Waals surface area contributed by atoms with Gasteiger partial charge in [0, 0.05) is 0 Å². The number of hydrogen-bond acceptors (Lipinski definition) is 7. The van der Waals surface area contributed by atoms with E-state index >= 15 is 0 Å². The molecule has 0 amide bonds. The number of nitrogens with zero attached hydrogens (tertiary/aromatic N) is 3. The molecule has 0 aliphatic carbocycles. The van der Waals surface area contributed by atoms with Crippen LogP contribution in [0.15, 0.2) is 27.0 Å². The van der Waals surface area contributed by atoms with E-state index in [4.69, 9.17) is 0 Å². The number of methoxy groups -OCH3 is 2. The highest BCUT2D eigenvalue weighted by atomic mass is 16.5. The maximum Gasteiger partial charge on any atom is 0.337 e. The van der Waals surface area contributed by atoms with E-state index in [1.165, 1.54) is 6.08 Å². The van der Waals surface area contributed by atoms with E-state index < -0.39 is 42.1 Å². The molecule has 10 nitrogen and oxygen atoms in total. The van der Waals surface area contributed by atoms with Gasteiger partial charge in [0.15, 0.2) is 0 Å². The van der Waals surface area contributed by atoms with Gasteiger partial charge in [-0.15, -0.1) is 6.58 Å². The smallest absolute Gasteiger partial charge is 0.337 e. The fraction of sp³-hybridized carbons (Fsp3) is 0.417. The molecule has 0 saturated heterocycles. The monoisotopic (exact) mass is 313 g/mol. The second-order valence-corrected chi connectivity index (χ2v) is 4.07.